The SMILES string of the molecule is CC(C)(C)c1cc(-n2c3ccccc3c3c2ccc2c4ccc5c(c6ccccc6n5-c5ccc(-c6ccccc6)cc5C#N)c4n(-c4cc(C(C)(C)C)cc(C(C)(C)C)c4)c23)cc(C(C)(C)C)c1.CC(C)(C)c1cc(-n2c3ccccc3c3c2ccc2c4ccc5c(c6ccccc6n5-c5ccc(C#N)c(-c6ccccc6)c5)c4n(-c4cc(C(C)(C)C)cc(C(C)(C)C)c4)c23)cc(C(C)(C)C)c1. The molecule has 0 N–H and O–H groups in total. The molecule has 684 valence electrons. The minimum Gasteiger partial charge on any atom is -0.309 e. The lowest BCUT2D eigenvalue weighted by Gasteiger charge is -2.27. The van der Waals surface area contributed by atoms with Gasteiger partial charge in [-0.1, -0.05) is 354 Å². The second-order valence-electron chi connectivity index (χ2n) is 47.0. The molecule has 22 rings (SSSR count). The number of aromatic nitrogens is 6. The van der Waals surface area contributed by atoms with Gasteiger partial charge in [-0.2, -0.15) is 10.5 Å². The minimum absolute atomic E-state index is 0.0390. The number of nitrogens with zero attached hydrogens (tertiary/aromatic N) is 8. The van der Waals surface area contributed by atoms with E-state index >= 15 is 0 Å². The van der Waals surface area contributed by atoms with Crippen LogP contribution >= 0.6 is 0 Å². The quantitative estimate of drug-likeness (QED) is 0.152. The Labute approximate surface area is 812 Å². The van der Waals surface area contributed by atoms with E-state index in [1.165, 1.54) is 154 Å². The zero-order chi connectivity index (χ0) is 97.1. The van der Waals surface area contributed by atoms with Crippen molar-refractivity contribution in [2.75, 3.05) is 0 Å². The average Bonchev–Trinajstić information content (AvgIpc) is 1.52. The van der Waals surface area contributed by atoms with E-state index in [0.717, 1.165) is 78.0 Å². The summed E-state index contributed by atoms with van der Waals surface area (Å²) in [6.07, 6.45) is 0. The Balaban J connectivity index is 0.000000164. The summed E-state index contributed by atoms with van der Waals surface area (Å²) in [7, 11) is 0. The van der Waals surface area contributed by atoms with Crippen LogP contribution in [-0.2, 0) is 43.3 Å². The second-order valence-corrected chi connectivity index (χ2v) is 47.0. The molecular weight excluding hydrogens is 1670 g/mol. The Morgan fingerprint density at radius 3 is 0.739 bits per heavy atom. The third kappa shape index (κ3) is 14.9. The Morgan fingerprint density at radius 1 is 0.181 bits per heavy atom. The van der Waals surface area contributed by atoms with Crippen LogP contribution in [0.15, 0.2) is 315 Å². The molecule has 6 heterocycles. The first-order valence-electron chi connectivity index (χ1n) is 49.1. The van der Waals surface area contributed by atoms with Crippen molar-refractivity contribution in [3.8, 4) is 68.5 Å². The molecule has 0 bridgehead atoms. The number of benzene rings is 16. The fourth-order valence-electron chi connectivity index (χ4n) is 21.5. The lowest BCUT2D eigenvalue weighted by Crippen LogP contribution is -2.17. The van der Waals surface area contributed by atoms with Crippen LogP contribution in [0.2, 0.25) is 0 Å². The molecule has 0 aliphatic heterocycles. The van der Waals surface area contributed by atoms with E-state index < -0.39 is 0 Å². The molecule has 0 aliphatic carbocycles. The number of fused-ring (bicyclic) bond motifs is 22. The van der Waals surface area contributed by atoms with Gasteiger partial charge in [-0.15, -0.1) is 0 Å². The molecule has 0 aliphatic rings. The second kappa shape index (κ2) is 32.0. The standard InChI is InChI=1S/2C65H62N4/c1-62(2,3)43-33-44(63(4,5)6)36-47(35-43)67-54-24-18-16-22-51(54)58-56(67)30-27-49-50-28-31-57-59(61(50)68(60(49)58)48-37-45(64(7,8)9)34-46(38-48)65(10,11)12)52-23-17-19-25-55(52)69(57)53-29-26-41(32-42(53)39-66)40-20-14-13-15-21-40;1-62(2,3)42-32-43(63(4,5)6)35-47(34-42)68-55-25-19-17-23-52(55)59-57(68)31-29-50-49-28-30-56-58(60(49)69(61(50)59)48-36-44(64(7,8)9)33-45(37-48)65(10,11)12)51-22-16-18-24-54(51)67(56)46-27-26-41(39-66)53(38-46)40-20-14-13-15-21-40/h2*13-38H,1-12H3. The van der Waals surface area contributed by atoms with Crippen LogP contribution in [-0.4, -0.2) is 27.4 Å². The maximum absolute atomic E-state index is 10.9. The predicted molar refractivity (Wildman–Crippen MR) is 589 cm³/mol. The van der Waals surface area contributed by atoms with Crippen molar-refractivity contribution in [3.05, 3.63) is 371 Å². The highest BCUT2D eigenvalue weighted by molar-refractivity contribution is 6.34. The maximum Gasteiger partial charge on any atom is 0.101 e. The van der Waals surface area contributed by atoms with Crippen LogP contribution in [0.5, 0.6) is 0 Å². The topological polar surface area (TPSA) is 77.2 Å². The van der Waals surface area contributed by atoms with Crippen molar-refractivity contribution < 1.29 is 0 Å². The molecule has 138 heavy (non-hydrogen) atoms. The van der Waals surface area contributed by atoms with Gasteiger partial charge in [0.05, 0.1) is 89.1 Å². The Morgan fingerprint density at radius 2 is 0.442 bits per heavy atom. The van der Waals surface area contributed by atoms with E-state index in [0.29, 0.717) is 11.1 Å². The van der Waals surface area contributed by atoms with Gasteiger partial charge in [-0.3, -0.25) is 0 Å². The first-order chi connectivity index (χ1) is 65.4. The highest BCUT2D eigenvalue weighted by atomic mass is 15.1. The van der Waals surface area contributed by atoms with E-state index in [1.54, 1.807) is 0 Å². The maximum atomic E-state index is 10.9. The van der Waals surface area contributed by atoms with Gasteiger partial charge < -0.3 is 27.4 Å². The fourth-order valence-corrected chi connectivity index (χ4v) is 21.5. The fraction of sp³-hybridized carbons (Fsp3) is 0.246. The van der Waals surface area contributed by atoms with Crippen LogP contribution in [0.1, 0.15) is 222 Å². The molecule has 6 aromatic heterocycles. The van der Waals surface area contributed by atoms with E-state index in [1.807, 2.05) is 48.5 Å². The largest absolute Gasteiger partial charge is 0.309 e. The predicted octanol–water partition coefficient (Wildman–Crippen LogP) is 35.4. The molecule has 0 fully saturated rings. The van der Waals surface area contributed by atoms with Gasteiger partial charge in [0.2, 0.25) is 0 Å². The zero-order valence-electron chi connectivity index (χ0n) is 84.6. The zero-order valence-corrected chi connectivity index (χ0v) is 84.6. The molecule has 0 atom stereocenters. The molecule has 0 radical (unpaired) electrons. The van der Waals surface area contributed by atoms with Crippen LogP contribution in [0, 0.1) is 22.7 Å². The first kappa shape index (κ1) is 89.8. The van der Waals surface area contributed by atoms with Crippen LogP contribution < -0.4 is 0 Å². The van der Waals surface area contributed by atoms with Crippen molar-refractivity contribution in [3.63, 3.8) is 0 Å². The molecular formula is C130H124N8. The van der Waals surface area contributed by atoms with Crippen molar-refractivity contribution in [1.29, 1.82) is 10.5 Å². The number of hydrogen-bond acceptors (Lipinski definition) is 2. The highest BCUT2D eigenvalue weighted by Crippen LogP contribution is 2.53. The van der Waals surface area contributed by atoms with E-state index in [4.69, 9.17) is 0 Å². The molecule has 16 aromatic carbocycles. The van der Waals surface area contributed by atoms with Gasteiger partial charge in [-0.05, 0) is 232 Å². The molecule has 0 saturated carbocycles. The number of nitriles is 2. The Hall–Kier alpha value is -14.7. The average molecular weight is 1800 g/mol. The van der Waals surface area contributed by atoms with Gasteiger partial charge in [0.15, 0.2) is 0 Å². The summed E-state index contributed by atoms with van der Waals surface area (Å²) in [6, 6.07) is 122. The minimum atomic E-state index is -0.103. The first-order valence-corrected chi connectivity index (χ1v) is 49.1. The third-order valence-corrected chi connectivity index (χ3v) is 29.3. The molecule has 0 saturated heterocycles. The third-order valence-electron chi connectivity index (χ3n) is 29.3. The van der Waals surface area contributed by atoms with Gasteiger partial charge in [0, 0.05) is 98.6 Å². The summed E-state index contributed by atoms with van der Waals surface area (Å²) in [5.74, 6) is 0. The van der Waals surface area contributed by atoms with E-state index in [9.17, 15) is 10.5 Å². The molecule has 8 heteroatoms. The van der Waals surface area contributed by atoms with Crippen LogP contribution in [0.3, 0.4) is 0 Å². The van der Waals surface area contributed by atoms with Crippen LogP contribution in [0.25, 0.3) is 187 Å². The van der Waals surface area contributed by atoms with Crippen LogP contribution in [0.4, 0.5) is 0 Å². The summed E-state index contributed by atoms with van der Waals surface area (Å²) < 4.78 is 15.0. The van der Waals surface area contributed by atoms with Gasteiger partial charge in [0.25, 0.3) is 0 Å². The molecule has 0 amide bonds. The van der Waals surface area contributed by atoms with Crippen molar-refractivity contribution >= 4 is 131 Å². The number of rotatable bonds is 8. The molecule has 0 unspecified atom stereocenters. The molecule has 0 spiro atoms. The molecule has 22 aromatic rings. The summed E-state index contributed by atoms with van der Waals surface area (Å²) in [5, 5.41) is 35.7. The van der Waals surface area contributed by atoms with Crippen molar-refractivity contribution in [2.24, 2.45) is 0 Å². The van der Waals surface area contributed by atoms with E-state index in [2.05, 4.69) is 473 Å². The van der Waals surface area contributed by atoms with E-state index in [-0.39, 0.29) is 43.3 Å². The van der Waals surface area contributed by atoms with Crippen molar-refractivity contribution in [1.82, 2.24) is 27.4 Å². The number of para-hydroxylation sites is 4. The summed E-state index contributed by atoms with van der Waals surface area (Å²) in [5.41, 5.74) is 35.8. The van der Waals surface area contributed by atoms with Gasteiger partial charge in [-0.25, -0.2) is 0 Å². The molecule has 8 nitrogen and oxygen atoms in total. The normalized spacial score (nSPS) is 12.9. The van der Waals surface area contributed by atoms with Crippen molar-refractivity contribution in [2.45, 2.75) is 209 Å². The Bertz CT molecular complexity index is 8760. The summed E-state index contributed by atoms with van der Waals surface area (Å²) in [6.45, 7) is 55.9. The summed E-state index contributed by atoms with van der Waals surface area (Å²) >= 11 is 0. The van der Waals surface area contributed by atoms with Gasteiger partial charge >= 0.3 is 0 Å². The summed E-state index contributed by atoms with van der Waals surface area (Å²) in [4.78, 5) is 0. The van der Waals surface area contributed by atoms with Gasteiger partial charge in [0.1, 0.15) is 6.07 Å². The monoisotopic (exact) mass is 1800 g/mol. The smallest absolute Gasteiger partial charge is 0.101 e. The lowest BCUT2D eigenvalue weighted by molar-refractivity contribution is 0.567. The number of hydrogen-bond donors (Lipinski definition) is 0. The Kier molecular flexibility index (Phi) is 20.8. The lowest BCUT2D eigenvalue weighted by atomic mass is 9.80. The highest BCUT2D eigenvalue weighted by Gasteiger charge is 2.34.